The van der Waals surface area contributed by atoms with Crippen LogP contribution in [0.15, 0.2) is 48.6 Å². The number of rotatable bonds is 3. The maximum absolute atomic E-state index is 5.08. The number of benzene rings is 2. The first-order chi connectivity index (χ1) is 16.7. The summed E-state index contributed by atoms with van der Waals surface area (Å²) in [6.45, 7) is 6.26. The summed E-state index contributed by atoms with van der Waals surface area (Å²) < 4.78 is 0. The van der Waals surface area contributed by atoms with E-state index in [0.717, 1.165) is 67.1 Å². The highest BCUT2D eigenvalue weighted by molar-refractivity contribution is 5.83. The molecule has 3 aliphatic rings. The van der Waals surface area contributed by atoms with Crippen LogP contribution in [-0.2, 0) is 12.8 Å². The van der Waals surface area contributed by atoms with Crippen molar-refractivity contribution in [3.8, 4) is 22.4 Å². The number of nitrogens with zero attached hydrogens (tertiary/aromatic N) is 2. The molecule has 6 heteroatoms. The summed E-state index contributed by atoms with van der Waals surface area (Å²) in [4.78, 5) is 17.1. The van der Waals surface area contributed by atoms with E-state index in [1.165, 1.54) is 46.4 Å². The Labute approximate surface area is 199 Å². The maximum Gasteiger partial charge on any atom is 0.128 e. The summed E-state index contributed by atoms with van der Waals surface area (Å²) >= 11 is 0. The zero-order chi connectivity index (χ0) is 22.6. The van der Waals surface area contributed by atoms with Gasteiger partial charge in [0, 0.05) is 11.3 Å². The highest BCUT2D eigenvalue weighted by atomic mass is 15.1. The molecule has 0 bridgehead atoms. The molecule has 4 heterocycles. The number of H-pyrrole nitrogens is 2. The summed E-state index contributed by atoms with van der Waals surface area (Å²) in [5.41, 5.74) is 10.9. The number of nitrogens with one attached hydrogen (secondary N) is 4. The first kappa shape index (κ1) is 20.2. The molecule has 4 aromatic rings. The van der Waals surface area contributed by atoms with Gasteiger partial charge in [-0.3, -0.25) is 0 Å². The predicted molar refractivity (Wildman–Crippen MR) is 136 cm³/mol. The Balaban J connectivity index is 1.23. The molecule has 2 aromatic heterocycles. The smallest absolute Gasteiger partial charge is 0.128 e. The lowest BCUT2D eigenvalue weighted by atomic mass is 9.96. The van der Waals surface area contributed by atoms with Crippen molar-refractivity contribution in [1.82, 2.24) is 30.6 Å². The third-order valence-corrected chi connectivity index (χ3v) is 7.73. The van der Waals surface area contributed by atoms with Gasteiger partial charge in [0.2, 0.25) is 0 Å². The van der Waals surface area contributed by atoms with Gasteiger partial charge in [0.15, 0.2) is 0 Å². The van der Waals surface area contributed by atoms with E-state index in [2.05, 4.69) is 63.6 Å². The molecule has 0 radical (unpaired) electrons. The van der Waals surface area contributed by atoms with Crippen molar-refractivity contribution in [2.24, 2.45) is 0 Å². The fourth-order valence-corrected chi connectivity index (χ4v) is 5.88. The van der Waals surface area contributed by atoms with Crippen LogP contribution >= 0.6 is 0 Å². The lowest BCUT2D eigenvalue weighted by Crippen LogP contribution is -2.14. The van der Waals surface area contributed by atoms with Crippen LogP contribution in [0.25, 0.3) is 33.4 Å². The summed E-state index contributed by atoms with van der Waals surface area (Å²) in [5.74, 6) is 2.08. The van der Waals surface area contributed by atoms with Crippen LogP contribution in [0.3, 0.4) is 0 Å². The Hall–Kier alpha value is -3.22. The Morgan fingerprint density at radius 1 is 0.824 bits per heavy atom. The maximum atomic E-state index is 5.08. The lowest BCUT2D eigenvalue weighted by molar-refractivity contribution is 0.610. The third kappa shape index (κ3) is 3.32. The van der Waals surface area contributed by atoms with Gasteiger partial charge in [-0.05, 0) is 80.4 Å². The molecule has 172 valence electrons. The van der Waals surface area contributed by atoms with Gasteiger partial charge in [-0.1, -0.05) is 36.4 Å². The molecule has 1 aliphatic carbocycles. The largest absolute Gasteiger partial charge is 0.344 e. The number of hydrogen-bond acceptors (Lipinski definition) is 4. The van der Waals surface area contributed by atoms with Gasteiger partial charge in [0.25, 0.3) is 0 Å². The van der Waals surface area contributed by atoms with Gasteiger partial charge in [-0.2, -0.15) is 0 Å². The molecule has 0 unspecified atom stereocenters. The molecule has 2 fully saturated rings. The molecule has 0 amide bonds. The fraction of sp³-hybridized carbons (Fsp3) is 0.357. The van der Waals surface area contributed by atoms with Crippen LogP contribution in [0.4, 0.5) is 0 Å². The summed E-state index contributed by atoms with van der Waals surface area (Å²) in [6.07, 6.45) is 6.69. The van der Waals surface area contributed by atoms with Crippen molar-refractivity contribution in [2.45, 2.75) is 50.6 Å². The fourth-order valence-electron chi connectivity index (χ4n) is 5.88. The Morgan fingerprint density at radius 2 is 1.74 bits per heavy atom. The van der Waals surface area contributed by atoms with E-state index in [0.29, 0.717) is 6.04 Å². The average Bonchev–Trinajstić information content (AvgIpc) is 3.64. The number of aromatic amines is 2. The van der Waals surface area contributed by atoms with Crippen molar-refractivity contribution < 1.29 is 0 Å². The number of hydrogen-bond donors (Lipinski definition) is 4. The minimum Gasteiger partial charge on any atom is -0.344 e. The van der Waals surface area contributed by atoms with Gasteiger partial charge >= 0.3 is 0 Å². The quantitative estimate of drug-likeness (QED) is 0.327. The monoisotopic (exact) mass is 450 g/mol. The van der Waals surface area contributed by atoms with Crippen molar-refractivity contribution in [1.29, 1.82) is 0 Å². The second-order valence-corrected chi connectivity index (χ2v) is 9.97. The molecule has 0 spiro atoms. The van der Waals surface area contributed by atoms with E-state index in [9.17, 15) is 0 Å². The number of imidazole rings is 2. The zero-order valence-corrected chi connectivity index (χ0v) is 19.4. The van der Waals surface area contributed by atoms with Gasteiger partial charge in [-0.25, -0.2) is 9.97 Å². The summed E-state index contributed by atoms with van der Waals surface area (Å²) in [6, 6.07) is 13.9. The summed E-state index contributed by atoms with van der Waals surface area (Å²) in [5, 5.41) is 7.07. The highest BCUT2D eigenvalue weighted by Crippen LogP contribution is 2.36. The van der Waals surface area contributed by atoms with Gasteiger partial charge < -0.3 is 20.6 Å². The molecule has 0 saturated carbocycles. The van der Waals surface area contributed by atoms with Crippen molar-refractivity contribution >= 4 is 11.0 Å². The number of fused-ring (bicyclic) bond motifs is 4. The SMILES string of the molecule is C=C1CCN[C@@H]1c1nc2ccc(-c3ccc4c(c3)CCCc3[nH]c([C@@H]5CCCN5)nc3-4)cc2[nH]1. The topological polar surface area (TPSA) is 81.4 Å². The summed E-state index contributed by atoms with van der Waals surface area (Å²) in [7, 11) is 0. The van der Waals surface area contributed by atoms with Crippen molar-refractivity contribution in [3.63, 3.8) is 0 Å². The molecule has 4 N–H and O–H groups in total. The third-order valence-electron chi connectivity index (χ3n) is 7.73. The molecule has 2 atom stereocenters. The van der Waals surface area contributed by atoms with Crippen molar-refractivity contribution in [3.05, 3.63) is 71.5 Å². The van der Waals surface area contributed by atoms with E-state index < -0.39 is 0 Å². The van der Waals surface area contributed by atoms with E-state index in [1.807, 2.05) is 0 Å². The molecular weight excluding hydrogens is 420 g/mol. The van der Waals surface area contributed by atoms with Crippen LogP contribution in [0.2, 0.25) is 0 Å². The minimum absolute atomic E-state index is 0.135. The second-order valence-electron chi connectivity index (χ2n) is 9.97. The number of aryl methyl sites for hydroxylation is 2. The lowest BCUT2D eigenvalue weighted by Gasteiger charge is -2.10. The van der Waals surface area contributed by atoms with Gasteiger partial charge in [-0.15, -0.1) is 0 Å². The molecule has 2 aliphatic heterocycles. The highest BCUT2D eigenvalue weighted by Gasteiger charge is 2.25. The normalized spacial score (nSPS) is 22.2. The molecule has 6 nitrogen and oxygen atoms in total. The molecule has 34 heavy (non-hydrogen) atoms. The Morgan fingerprint density at radius 3 is 2.59 bits per heavy atom. The van der Waals surface area contributed by atoms with Crippen LogP contribution in [0.5, 0.6) is 0 Å². The molecule has 7 rings (SSSR count). The zero-order valence-electron chi connectivity index (χ0n) is 19.4. The van der Waals surface area contributed by atoms with Crippen molar-refractivity contribution in [2.75, 3.05) is 13.1 Å². The number of aromatic nitrogens is 4. The van der Waals surface area contributed by atoms with Crippen LogP contribution in [0, 0.1) is 0 Å². The van der Waals surface area contributed by atoms with Gasteiger partial charge in [0.05, 0.1) is 28.8 Å². The van der Waals surface area contributed by atoms with Gasteiger partial charge in [0.1, 0.15) is 11.6 Å². The Kier molecular flexibility index (Phi) is 4.71. The standard InChI is InChI=1S/C28H30N6/c1-16-11-13-30-25(16)28-31-21-10-8-18(15-24(21)33-28)17-7-9-20-19(14-17)4-2-5-22-26(20)34-27(32-22)23-6-3-12-29-23/h7-10,14-15,23,25,29-30H,1-6,11-13H2,(H,31,33)(H,32,34)/t23-,25-/m0/s1. The van der Waals surface area contributed by atoms with E-state index >= 15 is 0 Å². The predicted octanol–water partition coefficient (Wildman–Crippen LogP) is 5.12. The van der Waals surface area contributed by atoms with Crippen LogP contribution in [-0.4, -0.2) is 33.0 Å². The first-order valence-corrected chi connectivity index (χ1v) is 12.6. The minimum atomic E-state index is 0.135. The molecular formula is C28H30N6. The van der Waals surface area contributed by atoms with E-state index in [-0.39, 0.29) is 6.04 Å². The second kappa shape index (κ2) is 7.93. The first-order valence-electron chi connectivity index (χ1n) is 12.6. The van der Waals surface area contributed by atoms with Crippen LogP contribution < -0.4 is 10.6 Å². The van der Waals surface area contributed by atoms with E-state index in [4.69, 9.17) is 9.97 Å². The van der Waals surface area contributed by atoms with Crippen LogP contribution in [0.1, 0.15) is 60.7 Å². The molecule has 2 aromatic carbocycles. The molecule has 2 saturated heterocycles. The Bertz CT molecular complexity index is 1400. The van der Waals surface area contributed by atoms with E-state index in [1.54, 1.807) is 0 Å². The average molecular weight is 451 g/mol.